The Morgan fingerprint density at radius 1 is 1.22 bits per heavy atom. The third kappa shape index (κ3) is 2.40. The lowest BCUT2D eigenvalue weighted by Crippen LogP contribution is -1.78. The Hall–Kier alpha value is -0.660. The first kappa shape index (κ1) is 8.34. The molecule has 0 bridgehead atoms. The Kier molecular flexibility index (Phi) is 3.13. The maximum atomic E-state index is 12.3. The summed E-state index contributed by atoms with van der Waals surface area (Å²) in [5.41, 5.74) is 0.0810. The van der Waals surface area contributed by atoms with E-state index in [1.165, 1.54) is 26.8 Å². The van der Waals surface area contributed by atoms with Crippen molar-refractivity contribution in [1.82, 2.24) is 0 Å². The van der Waals surface area contributed by atoms with E-state index in [1.807, 2.05) is 0 Å². The summed E-state index contributed by atoms with van der Waals surface area (Å²) in [5, 5.41) is 0. The number of allylic oxidation sites excluding steroid dienone is 4. The third-order valence-corrected chi connectivity index (χ3v) is 1.13. The molecule has 0 nitrogen and oxygen atoms in total. The lowest BCUT2D eigenvalue weighted by molar-refractivity contribution is 0.594. The second-order valence-corrected chi connectivity index (χ2v) is 1.80. The van der Waals surface area contributed by atoms with Gasteiger partial charge < -0.3 is 0 Å². The zero-order valence-corrected chi connectivity index (χ0v) is 5.83. The quantitative estimate of drug-likeness (QED) is 0.481. The lowest BCUT2D eigenvalue weighted by Gasteiger charge is -1.94. The largest absolute Gasteiger partial charge is 0.212 e. The molecule has 0 aliphatic rings. The number of hydrogen-bond donors (Lipinski definition) is 0. The molecule has 0 spiro atoms. The Labute approximate surface area is 53.9 Å². The van der Waals surface area contributed by atoms with Crippen LogP contribution in [0, 0.1) is 0 Å². The number of rotatable bonds is 1. The van der Waals surface area contributed by atoms with Crippen molar-refractivity contribution in [2.75, 3.05) is 0 Å². The molecule has 0 saturated carbocycles. The van der Waals surface area contributed by atoms with E-state index >= 15 is 0 Å². The van der Waals surface area contributed by atoms with Crippen molar-refractivity contribution in [2.45, 2.75) is 20.8 Å². The van der Waals surface area contributed by atoms with Crippen LogP contribution in [0.25, 0.3) is 0 Å². The van der Waals surface area contributed by atoms with Gasteiger partial charge in [0, 0.05) is 5.57 Å². The molecular weight excluding hydrogens is 122 g/mol. The fourth-order valence-corrected chi connectivity index (χ4v) is 0.381. The van der Waals surface area contributed by atoms with Crippen LogP contribution in [-0.2, 0) is 0 Å². The first-order valence-corrected chi connectivity index (χ1v) is 2.74. The van der Waals surface area contributed by atoms with Crippen LogP contribution < -0.4 is 0 Å². The fraction of sp³-hybridized carbons (Fsp3) is 0.429. The molecule has 0 amide bonds. The predicted molar refractivity (Wildman–Crippen MR) is 34.3 cm³/mol. The van der Waals surface area contributed by atoms with Crippen LogP contribution in [0.15, 0.2) is 23.3 Å². The van der Waals surface area contributed by atoms with Crippen molar-refractivity contribution in [3.63, 3.8) is 0 Å². The van der Waals surface area contributed by atoms with Gasteiger partial charge in [-0.1, -0.05) is 6.08 Å². The summed E-state index contributed by atoms with van der Waals surface area (Å²) >= 11 is 0. The van der Waals surface area contributed by atoms with E-state index in [2.05, 4.69) is 0 Å². The SMILES string of the molecule is CC=C(F)C(C)=C(C)F. The molecular formula is C7H10F2. The van der Waals surface area contributed by atoms with Gasteiger partial charge in [0.05, 0.1) is 0 Å². The Balaban J connectivity index is 4.40. The molecule has 0 N–H and O–H groups in total. The summed E-state index contributed by atoms with van der Waals surface area (Å²) in [6.45, 7) is 4.17. The smallest absolute Gasteiger partial charge is 0.124 e. The van der Waals surface area contributed by atoms with Crippen molar-refractivity contribution < 1.29 is 8.78 Å². The van der Waals surface area contributed by atoms with Crippen molar-refractivity contribution >= 4 is 0 Å². The van der Waals surface area contributed by atoms with E-state index in [-0.39, 0.29) is 5.57 Å². The molecule has 0 aromatic rings. The van der Waals surface area contributed by atoms with Gasteiger partial charge >= 0.3 is 0 Å². The molecule has 9 heavy (non-hydrogen) atoms. The van der Waals surface area contributed by atoms with E-state index in [0.717, 1.165) is 0 Å². The molecule has 0 heterocycles. The molecule has 0 atom stereocenters. The first-order chi connectivity index (χ1) is 4.09. The maximum Gasteiger partial charge on any atom is 0.124 e. The Morgan fingerprint density at radius 3 is 1.78 bits per heavy atom. The highest BCUT2D eigenvalue weighted by Gasteiger charge is 1.99. The predicted octanol–water partition coefficient (Wildman–Crippen LogP) is 3.12. The van der Waals surface area contributed by atoms with Crippen LogP contribution in [-0.4, -0.2) is 0 Å². The van der Waals surface area contributed by atoms with Gasteiger partial charge in [0.15, 0.2) is 0 Å². The number of halogens is 2. The van der Waals surface area contributed by atoms with Crippen LogP contribution >= 0.6 is 0 Å². The van der Waals surface area contributed by atoms with Crippen LogP contribution in [0.3, 0.4) is 0 Å². The highest BCUT2D eigenvalue weighted by atomic mass is 19.1. The minimum Gasteiger partial charge on any atom is -0.212 e. The van der Waals surface area contributed by atoms with E-state index < -0.39 is 11.7 Å². The zero-order valence-electron chi connectivity index (χ0n) is 5.83. The summed E-state index contributed by atoms with van der Waals surface area (Å²) in [7, 11) is 0. The highest BCUT2D eigenvalue weighted by Crippen LogP contribution is 2.15. The van der Waals surface area contributed by atoms with Crippen molar-refractivity contribution in [3.05, 3.63) is 23.3 Å². The lowest BCUT2D eigenvalue weighted by atomic mass is 10.2. The van der Waals surface area contributed by atoms with E-state index in [0.29, 0.717) is 0 Å². The average Bonchev–Trinajstić information content (AvgIpc) is 1.84. The summed E-state index contributed by atoms with van der Waals surface area (Å²) in [6, 6.07) is 0. The van der Waals surface area contributed by atoms with Gasteiger partial charge in [0.2, 0.25) is 0 Å². The molecule has 0 aliphatic carbocycles. The summed E-state index contributed by atoms with van der Waals surface area (Å²) < 4.78 is 24.5. The molecule has 0 fully saturated rings. The normalized spacial score (nSPS) is 15.4. The van der Waals surface area contributed by atoms with Gasteiger partial charge in [-0.15, -0.1) is 0 Å². The van der Waals surface area contributed by atoms with E-state index in [1.54, 1.807) is 0 Å². The van der Waals surface area contributed by atoms with Crippen LogP contribution in [0.2, 0.25) is 0 Å². The summed E-state index contributed by atoms with van der Waals surface area (Å²) in [4.78, 5) is 0. The first-order valence-electron chi connectivity index (χ1n) is 2.74. The topological polar surface area (TPSA) is 0 Å². The molecule has 2 heteroatoms. The monoisotopic (exact) mass is 132 g/mol. The maximum absolute atomic E-state index is 12.3. The van der Waals surface area contributed by atoms with Gasteiger partial charge in [-0.25, -0.2) is 8.78 Å². The van der Waals surface area contributed by atoms with Gasteiger partial charge in [0.25, 0.3) is 0 Å². The summed E-state index contributed by atoms with van der Waals surface area (Å²) in [6.07, 6.45) is 1.23. The Morgan fingerprint density at radius 2 is 1.67 bits per heavy atom. The van der Waals surface area contributed by atoms with Crippen molar-refractivity contribution in [2.24, 2.45) is 0 Å². The fourth-order valence-electron chi connectivity index (χ4n) is 0.381. The number of hydrogen-bond acceptors (Lipinski definition) is 0. The van der Waals surface area contributed by atoms with Crippen LogP contribution in [0.5, 0.6) is 0 Å². The van der Waals surface area contributed by atoms with Crippen molar-refractivity contribution in [3.8, 4) is 0 Å². The van der Waals surface area contributed by atoms with Gasteiger partial charge in [-0.05, 0) is 20.8 Å². The second kappa shape index (κ2) is 3.38. The van der Waals surface area contributed by atoms with E-state index in [9.17, 15) is 8.78 Å². The van der Waals surface area contributed by atoms with Gasteiger partial charge in [-0.2, -0.15) is 0 Å². The highest BCUT2D eigenvalue weighted by molar-refractivity contribution is 5.24. The molecule has 52 valence electrons. The molecule has 0 radical (unpaired) electrons. The second-order valence-electron chi connectivity index (χ2n) is 1.80. The zero-order chi connectivity index (χ0) is 7.44. The van der Waals surface area contributed by atoms with Gasteiger partial charge in [-0.3, -0.25) is 0 Å². The van der Waals surface area contributed by atoms with Crippen LogP contribution in [0.1, 0.15) is 20.8 Å². The van der Waals surface area contributed by atoms with E-state index in [4.69, 9.17) is 0 Å². The molecule has 0 saturated heterocycles. The minimum absolute atomic E-state index is 0.0810. The standard InChI is InChI=1S/C7H10F2/c1-4-7(9)5(2)6(3)8/h4H,1-3H3. The Bertz CT molecular complexity index is 150. The van der Waals surface area contributed by atoms with Crippen LogP contribution in [0.4, 0.5) is 8.78 Å². The molecule has 0 rings (SSSR count). The minimum atomic E-state index is -0.491. The summed E-state index contributed by atoms with van der Waals surface area (Å²) in [5.74, 6) is -0.958. The molecule has 0 aromatic carbocycles. The molecule has 0 aliphatic heterocycles. The van der Waals surface area contributed by atoms with Crippen molar-refractivity contribution in [1.29, 1.82) is 0 Å². The molecule has 0 aromatic heterocycles. The average molecular weight is 132 g/mol. The third-order valence-electron chi connectivity index (χ3n) is 1.13. The molecule has 0 unspecified atom stereocenters. The van der Waals surface area contributed by atoms with Gasteiger partial charge in [0.1, 0.15) is 11.7 Å².